The second-order valence-corrected chi connectivity index (χ2v) is 6.01. The number of hydrogen-bond donors (Lipinski definition) is 1. The topological polar surface area (TPSA) is 58.6 Å². The molecule has 1 aliphatic heterocycles. The molecule has 0 aromatic carbocycles. The molecule has 2 aliphatic rings. The minimum absolute atomic E-state index is 0.0382. The lowest BCUT2D eigenvalue weighted by Gasteiger charge is -2.29. The predicted octanol–water partition coefficient (Wildman–Crippen LogP) is 1.32. The van der Waals surface area contributed by atoms with E-state index >= 15 is 0 Å². The standard InChI is InChI=1S/C15H26N2O3/c1-3-20-11-9-15(7-4-5-8-15)14(19)16-12-6-10-17(2)13(12)18/h12H,3-11H2,1-2H3,(H,16,19)/t12-/m1/s1. The van der Waals surface area contributed by atoms with Crippen LogP contribution in [0.5, 0.6) is 0 Å². The van der Waals surface area contributed by atoms with Crippen molar-refractivity contribution in [3.05, 3.63) is 0 Å². The molecule has 0 unspecified atom stereocenters. The van der Waals surface area contributed by atoms with Gasteiger partial charge in [0.1, 0.15) is 6.04 Å². The number of carbonyl (C=O) groups is 2. The summed E-state index contributed by atoms with van der Waals surface area (Å²) in [6.07, 6.45) is 5.52. The van der Waals surface area contributed by atoms with E-state index in [4.69, 9.17) is 4.74 Å². The fourth-order valence-corrected chi connectivity index (χ4v) is 3.32. The molecule has 1 heterocycles. The van der Waals surface area contributed by atoms with E-state index in [-0.39, 0.29) is 23.3 Å². The van der Waals surface area contributed by atoms with Crippen LogP contribution < -0.4 is 5.32 Å². The van der Waals surface area contributed by atoms with Crippen molar-refractivity contribution in [2.75, 3.05) is 26.8 Å². The molecule has 0 radical (unpaired) electrons. The molecule has 1 N–H and O–H groups in total. The minimum atomic E-state index is -0.322. The van der Waals surface area contributed by atoms with Gasteiger partial charge in [0.25, 0.3) is 0 Å². The van der Waals surface area contributed by atoms with Crippen LogP contribution in [0, 0.1) is 5.41 Å². The van der Waals surface area contributed by atoms with E-state index in [0.29, 0.717) is 13.2 Å². The first kappa shape index (κ1) is 15.3. The van der Waals surface area contributed by atoms with Crippen molar-refractivity contribution in [3.63, 3.8) is 0 Å². The molecule has 2 amide bonds. The van der Waals surface area contributed by atoms with Gasteiger partial charge in [-0.05, 0) is 32.6 Å². The molecule has 0 aromatic heterocycles. The maximum Gasteiger partial charge on any atom is 0.244 e. The summed E-state index contributed by atoms with van der Waals surface area (Å²) in [5.41, 5.74) is -0.309. The van der Waals surface area contributed by atoms with Gasteiger partial charge in [0.05, 0.1) is 5.41 Å². The van der Waals surface area contributed by atoms with E-state index in [1.165, 1.54) is 0 Å². The van der Waals surface area contributed by atoms with Crippen LogP contribution in [0.2, 0.25) is 0 Å². The fraction of sp³-hybridized carbons (Fsp3) is 0.867. The van der Waals surface area contributed by atoms with Gasteiger partial charge in [-0.15, -0.1) is 0 Å². The smallest absolute Gasteiger partial charge is 0.244 e. The zero-order valence-electron chi connectivity index (χ0n) is 12.6. The Hall–Kier alpha value is -1.10. The molecule has 2 fully saturated rings. The number of rotatable bonds is 6. The minimum Gasteiger partial charge on any atom is -0.382 e. The molecule has 1 saturated heterocycles. The molecule has 5 nitrogen and oxygen atoms in total. The van der Waals surface area contributed by atoms with Crippen molar-refractivity contribution in [1.82, 2.24) is 10.2 Å². The SMILES string of the molecule is CCOCCC1(C(=O)N[C@@H]2CCN(C)C2=O)CCCC1. The van der Waals surface area contributed by atoms with E-state index in [9.17, 15) is 9.59 Å². The first-order valence-corrected chi connectivity index (χ1v) is 7.73. The molecule has 0 spiro atoms. The number of ether oxygens (including phenoxy) is 1. The Morgan fingerprint density at radius 1 is 1.45 bits per heavy atom. The van der Waals surface area contributed by atoms with E-state index in [0.717, 1.165) is 45.1 Å². The maximum atomic E-state index is 12.6. The van der Waals surface area contributed by atoms with Gasteiger partial charge in [-0.2, -0.15) is 0 Å². The van der Waals surface area contributed by atoms with Gasteiger partial charge >= 0.3 is 0 Å². The zero-order chi connectivity index (χ0) is 14.6. The molecule has 2 rings (SSSR count). The Kier molecular flexibility index (Phi) is 5.02. The molecule has 1 saturated carbocycles. The van der Waals surface area contributed by atoms with Gasteiger partial charge in [0.2, 0.25) is 11.8 Å². The molecule has 0 bridgehead atoms. The predicted molar refractivity (Wildman–Crippen MR) is 76.2 cm³/mol. The van der Waals surface area contributed by atoms with Gasteiger partial charge in [-0.3, -0.25) is 9.59 Å². The lowest BCUT2D eigenvalue weighted by Crippen LogP contribution is -2.47. The monoisotopic (exact) mass is 282 g/mol. The van der Waals surface area contributed by atoms with E-state index in [1.807, 2.05) is 6.92 Å². The quantitative estimate of drug-likeness (QED) is 0.748. The summed E-state index contributed by atoms with van der Waals surface area (Å²) in [6, 6.07) is -0.322. The molecular formula is C15H26N2O3. The highest BCUT2D eigenvalue weighted by Gasteiger charge is 2.43. The molecule has 0 aromatic rings. The number of hydrogen-bond acceptors (Lipinski definition) is 3. The second kappa shape index (κ2) is 6.57. The summed E-state index contributed by atoms with van der Waals surface area (Å²) < 4.78 is 5.42. The van der Waals surface area contributed by atoms with Gasteiger partial charge in [-0.1, -0.05) is 12.8 Å². The molecule has 5 heteroatoms. The van der Waals surface area contributed by atoms with Crippen molar-refractivity contribution in [3.8, 4) is 0 Å². The summed E-state index contributed by atoms with van der Waals surface area (Å²) in [4.78, 5) is 26.2. The Labute approximate surface area is 121 Å². The van der Waals surface area contributed by atoms with Gasteiger partial charge < -0.3 is 15.0 Å². The number of likely N-dealkylation sites (tertiary alicyclic amines) is 1. The largest absolute Gasteiger partial charge is 0.382 e. The maximum absolute atomic E-state index is 12.6. The third-order valence-corrected chi connectivity index (χ3v) is 4.70. The third-order valence-electron chi connectivity index (χ3n) is 4.70. The Balaban J connectivity index is 1.95. The van der Waals surface area contributed by atoms with E-state index in [1.54, 1.807) is 11.9 Å². The summed E-state index contributed by atoms with van der Waals surface area (Å²) in [5.74, 6) is 0.0969. The van der Waals surface area contributed by atoms with Crippen LogP contribution in [0.15, 0.2) is 0 Å². The van der Waals surface area contributed by atoms with Crippen LogP contribution in [0.4, 0.5) is 0 Å². The van der Waals surface area contributed by atoms with Crippen molar-refractivity contribution in [2.24, 2.45) is 5.41 Å². The third kappa shape index (κ3) is 3.14. The van der Waals surface area contributed by atoms with Gasteiger partial charge in [0.15, 0.2) is 0 Å². The lowest BCUT2D eigenvalue weighted by molar-refractivity contribution is -0.137. The molecule has 1 aliphatic carbocycles. The normalized spacial score (nSPS) is 25.2. The number of likely N-dealkylation sites (N-methyl/N-ethyl adjacent to an activating group) is 1. The number of carbonyl (C=O) groups excluding carboxylic acids is 2. The zero-order valence-corrected chi connectivity index (χ0v) is 12.6. The number of nitrogens with one attached hydrogen (secondary N) is 1. The summed E-state index contributed by atoms with van der Waals surface area (Å²) >= 11 is 0. The van der Waals surface area contributed by atoms with Crippen LogP contribution in [-0.2, 0) is 14.3 Å². The number of amides is 2. The molecule has 114 valence electrons. The fourth-order valence-electron chi connectivity index (χ4n) is 3.32. The van der Waals surface area contributed by atoms with Crippen molar-refractivity contribution in [2.45, 2.75) is 51.5 Å². The summed E-state index contributed by atoms with van der Waals surface area (Å²) in [5, 5.41) is 2.98. The highest BCUT2D eigenvalue weighted by atomic mass is 16.5. The van der Waals surface area contributed by atoms with Crippen LogP contribution >= 0.6 is 0 Å². The lowest BCUT2D eigenvalue weighted by atomic mass is 9.81. The average molecular weight is 282 g/mol. The van der Waals surface area contributed by atoms with Gasteiger partial charge in [0, 0.05) is 26.8 Å². The van der Waals surface area contributed by atoms with Crippen molar-refractivity contribution < 1.29 is 14.3 Å². The van der Waals surface area contributed by atoms with Crippen LogP contribution in [0.25, 0.3) is 0 Å². The second-order valence-electron chi connectivity index (χ2n) is 6.01. The molecule has 20 heavy (non-hydrogen) atoms. The Bertz CT molecular complexity index is 364. The average Bonchev–Trinajstić information content (AvgIpc) is 3.02. The highest BCUT2D eigenvalue weighted by Crippen LogP contribution is 2.41. The Morgan fingerprint density at radius 2 is 2.15 bits per heavy atom. The summed E-state index contributed by atoms with van der Waals surface area (Å²) in [6.45, 7) is 4.01. The van der Waals surface area contributed by atoms with Crippen LogP contribution in [0.3, 0.4) is 0 Å². The van der Waals surface area contributed by atoms with Gasteiger partial charge in [-0.25, -0.2) is 0 Å². The molecular weight excluding hydrogens is 256 g/mol. The molecule has 1 atom stereocenters. The van der Waals surface area contributed by atoms with E-state index < -0.39 is 0 Å². The van der Waals surface area contributed by atoms with Crippen LogP contribution in [0.1, 0.15) is 45.4 Å². The summed E-state index contributed by atoms with van der Waals surface area (Å²) in [7, 11) is 1.79. The van der Waals surface area contributed by atoms with Crippen LogP contribution in [-0.4, -0.2) is 49.6 Å². The first-order valence-electron chi connectivity index (χ1n) is 7.73. The van der Waals surface area contributed by atoms with E-state index in [2.05, 4.69) is 5.32 Å². The van der Waals surface area contributed by atoms with Crippen molar-refractivity contribution in [1.29, 1.82) is 0 Å². The van der Waals surface area contributed by atoms with Crippen molar-refractivity contribution >= 4 is 11.8 Å². The highest BCUT2D eigenvalue weighted by molar-refractivity contribution is 5.91. The Morgan fingerprint density at radius 3 is 2.70 bits per heavy atom. The number of nitrogens with zero attached hydrogens (tertiary/aromatic N) is 1. The first-order chi connectivity index (χ1) is 9.59.